The average Bonchev–Trinajstić information content (AvgIpc) is 2.45. The van der Waals surface area contributed by atoms with Gasteiger partial charge in [0.15, 0.2) is 0 Å². The SMILES string of the molecule is N#Cc1ncccc1COc1cncc(B(O)O)c1. The van der Waals surface area contributed by atoms with Gasteiger partial charge in [-0.2, -0.15) is 5.26 Å². The summed E-state index contributed by atoms with van der Waals surface area (Å²) in [5.74, 6) is 0.387. The largest absolute Gasteiger partial charge is 0.490 e. The molecule has 0 saturated carbocycles. The van der Waals surface area contributed by atoms with E-state index in [-0.39, 0.29) is 12.1 Å². The van der Waals surface area contributed by atoms with E-state index in [4.69, 9.17) is 20.0 Å². The first-order chi connectivity index (χ1) is 9.20. The van der Waals surface area contributed by atoms with Gasteiger partial charge in [-0.15, -0.1) is 0 Å². The molecule has 0 spiro atoms. The zero-order chi connectivity index (χ0) is 13.7. The van der Waals surface area contributed by atoms with Gasteiger partial charge in [0, 0.05) is 23.4 Å². The van der Waals surface area contributed by atoms with E-state index in [9.17, 15) is 0 Å². The number of hydrogen-bond acceptors (Lipinski definition) is 6. The van der Waals surface area contributed by atoms with Crippen LogP contribution in [0.25, 0.3) is 0 Å². The number of nitrogens with zero attached hydrogens (tertiary/aromatic N) is 3. The Bertz CT molecular complexity index is 613. The van der Waals surface area contributed by atoms with E-state index in [0.29, 0.717) is 17.0 Å². The summed E-state index contributed by atoms with van der Waals surface area (Å²) in [6, 6.07) is 6.90. The second-order valence-electron chi connectivity index (χ2n) is 3.74. The molecule has 2 N–H and O–H groups in total. The molecule has 0 atom stereocenters. The molecule has 0 fully saturated rings. The van der Waals surface area contributed by atoms with Gasteiger partial charge in [-0.25, -0.2) is 4.98 Å². The summed E-state index contributed by atoms with van der Waals surface area (Å²) in [4.78, 5) is 7.75. The summed E-state index contributed by atoms with van der Waals surface area (Å²) in [7, 11) is -1.59. The van der Waals surface area contributed by atoms with Crippen LogP contribution in [-0.4, -0.2) is 27.1 Å². The highest BCUT2D eigenvalue weighted by molar-refractivity contribution is 6.58. The summed E-state index contributed by atoms with van der Waals surface area (Å²) in [5.41, 5.74) is 1.19. The number of rotatable bonds is 4. The predicted octanol–water partition coefficient (Wildman–Crippen LogP) is -0.393. The van der Waals surface area contributed by atoms with Crippen molar-refractivity contribution in [1.82, 2.24) is 9.97 Å². The van der Waals surface area contributed by atoms with Crippen molar-refractivity contribution in [2.75, 3.05) is 0 Å². The topological polar surface area (TPSA) is 99.3 Å². The van der Waals surface area contributed by atoms with Crippen LogP contribution in [0.15, 0.2) is 36.8 Å². The molecule has 6 nitrogen and oxygen atoms in total. The van der Waals surface area contributed by atoms with Gasteiger partial charge in [-0.05, 0) is 12.1 Å². The van der Waals surface area contributed by atoms with Crippen molar-refractivity contribution in [3.8, 4) is 11.8 Å². The maximum atomic E-state index is 9.02. The van der Waals surface area contributed by atoms with E-state index >= 15 is 0 Å². The van der Waals surface area contributed by atoms with Gasteiger partial charge in [0.1, 0.15) is 24.1 Å². The second-order valence-corrected chi connectivity index (χ2v) is 3.74. The Morgan fingerprint density at radius 2 is 2.21 bits per heavy atom. The third-order valence-electron chi connectivity index (χ3n) is 2.42. The van der Waals surface area contributed by atoms with Crippen molar-refractivity contribution in [1.29, 1.82) is 5.26 Å². The quantitative estimate of drug-likeness (QED) is 0.721. The first-order valence-electron chi connectivity index (χ1n) is 5.48. The number of nitriles is 1. The van der Waals surface area contributed by atoms with E-state index in [1.54, 1.807) is 12.1 Å². The maximum Gasteiger partial charge on any atom is 0.490 e. The number of pyridine rings is 2. The lowest BCUT2D eigenvalue weighted by atomic mass is 9.82. The Balaban J connectivity index is 2.11. The summed E-state index contributed by atoms with van der Waals surface area (Å²) in [6.45, 7) is 0.156. The predicted molar refractivity (Wildman–Crippen MR) is 67.3 cm³/mol. The first-order valence-corrected chi connectivity index (χ1v) is 5.48. The molecule has 0 aliphatic carbocycles. The van der Waals surface area contributed by atoms with Crippen LogP contribution in [-0.2, 0) is 6.61 Å². The fraction of sp³-hybridized carbons (Fsp3) is 0.0833. The zero-order valence-electron chi connectivity index (χ0n) is 9.89. The summed E-state index contributed by atoms with van der Waals surface area (Å²) in [6.07, 6.45) is 4.32. The third-order valence-corrected chi connectivity index (χ3v) is 2.42. The fourth-order valence-electron chi connectivity index (χ4n) is 1.47. The lowest BCUT2D eigenvalue weighted by molar-refractivity contribution is 0.304. The van der Waals surface area contributed by atoms with Crippen LogP contribution in [0.4, 0.5) is 0 Å². The van der Waals surface area contributed by atoms with Crippen LogP contribution in [0.3, 0.4) is 0 Å². The molecular formula is C12H10BN3O3. The maximum absolute atomic E-state index is 9.02. The van der Waals surface area contributed by atoms with E-state index in [0.717, 1.165) is 0 Å². The van der Waals surface area contributed by atoms with E-state index < -0.39 is 7.12 Å². The summed E-state index contributed by atoms with van der Waals surface area (Å²) >= 11 is 0. The molecule has 94 valence electrons. The Hall–Kier alpha value is -2.43. The molecule has 0 bridgehead atoms. The number of hydrogen-bond donors (Lipinski definition) is 2. The van der Waals surface area contributed by atoms with Crippen LogP contribution >= 0.6 is 0 Å². The van der Waals surface area contributed by atoms with E-state index in [1.807, 2.05) is 6.07 Å². The summed E-state index contributed by atoms with van der Waals surface area (Å²) < 4.78 is 5.45. The minimum Gasteiger partial charge on any atom is -0.487 e. The Kier molecular flexibility index (Phi) is 4.08. The number of ether oxygens (including phenoxy) is 1. The van der Waals surface area contributed by atoms with Crippen molar-refractivity contribution in [3.05, 3.63) is 48.0 Å². The monoisotopic (exact) mass is 255 g/mol. The van der Waals surface area contributed by atoms with Gasteiger partial charge in [0.2, 0.25) is 0 Å². The normalized spacial score (nSPS) is 9.74. The highest BCUT2D eigenvalue weighted by Gasteiger charge is 2.12. The van der Waals surface area contributed by atoms with Crippen LogP contribution in [0.1, 0.15) is 11.3 Å². The van der Waals surface area contributed by atoms with Crippen molar-refractivity contribution in [3.63, 3.8) is 0 Å². The van der Waals surface area contributed by atoms with Gasteiger partial charge in [-0.1, -0.05) is 6.07 Å². The highest BCUT2D eigenvalue weighted by atomic mass is 16.5. The molecule has 2 aromatic rings. The summed E-state index contributed by atoms with van der Waals surface area (Å²) in [5, 5.41) is 26.9. The number of aromatic nitrogens is 2. The molecule has 2 aromatic heterocycles. The molecule has 0 aromatic carbocycles. The van der Waals surface area contributed by atoms with Gasteiger partial charge in [0.25, 0.3) is 0 Å². The average molecular weight is 255 g/mol. The molecular weight excluding hydrogens is 245 g/mol. The molecule has 19 heavy (non-hydrogen) atoms. The van der Waals surface area contributed by atoms with Gasteiger partial charge < -0.3 is 14.8 Å². The molecule has 0 unspecified atom stereocenters. The minimum atomic E-state index is -1.59. The first kappa shape index (κ1) is 13.0. The minimum absolute atomic E-state index is 0.156. The molecule has 0 radical (unpaired) electrons. The lowest BCUT2D eigenvalue weighted by Gasteiger charge is -2.07. The van der Waals surface area contributed by atoms with Crippen molar-refractivity contribution in [2.45, 2.75) is 6.61 Å². The van der Waals surface area contributed by atoms with Gasteiger partial charge in [-0.3, -0.25) is 4.98 Å². The fourth-order valence-corrected chi connectivity index (χ4v) is 1.47. The van der Waals surface area contributed by atoms with Gasteiger partial charge in [0.05, 0.1) is 6.20 Å². The Morgan fingerprint density at radius 3 is 2.95 bits per heavy atom. The molecule has 7 heteroatoms. The van der Waals surface area contributed by atoms with Crippen LogP contribution in [0, 0.1) is 11.3 Å². The highest BCUT2D eigenvalue weighted by Crippen LogP contribution is 2.11. The molecule has 0 aliphatic rings. The molecule has 0 amide bonds. The standard InChI is InChI=1S/C12H10BN3O3/c14-5-12-9(2-1-3-16-12)8-19-11-4-10(13(17)18)6-15-7-11/h1-4,6-7,17-18H,8H2. The van der Waals surface area contributed by atoms with Crippen LogP contribution in [0.2, 0.25) is 0 Å². The smallest absolute Gasteiger partial charge is 0.487 e. The van der Waals surface area contributed by atoms with E-state index in [2.05, 4.69) is 9.97 Å². The van der Waals surface area contributed by atoms with E-state index in [1.165, 1.54) is 24.7 Å². The zero-order valence-corrected chi connectivity index (χ0v) is 9.89. The van der Waals surface area contributed by atoms with Crippen molar-refractivity contribution >= 4 is 12.6 Å². The second kappa shape index (κ2) is 5.95. The molecule has 2 rings (SSSR count). The van der Waals surface area contributed by atoms with Crippen molar-refractivity contribution < 1.29 is 14.8 Å². The van der Waals surface area contributed by atoms with Crippen LogP contribution < -0.4 is 10.2 Å². The van der Waals surface area contributed by atoms with Crippen molar-refractivity contribution in [2.24, 2.45) is 0 Å². The van der Waals surface area contributed by atoms with Crippen LogP contribution in [0.5, 0.6) is 5.75 Å². The Morgan fingerprint density at radius 1 is 1.37 bits per heavy atom. The van der Waals surface area contributed by atoms with Gasteiger partial charge >= 0.3 is 7.12 Å². The molecule has 0 saturated heterocycles. The molecule has 0 aliphatic heterocycles. The third kappa shape index (κ3) is 3.28. The molecule has 2 heterocycles. The Labute approximate surface area is 110 Å². The lowest BCUT2D eigenvalue weighted by Crippen LogP contribution is -2.30.